The van der Waals surface area contributed by atoms with Gasteiger partial charge in [-0.2, -0.15) is 5.26 Å². The van der Waals surface area contributed by atoms with Crippen LogP contribution >= 0.6 is 0 Å². The van der Waals surface area contributed by atoms with Crippen LogP contribution in [0.2, 0.25) is 0 Å². The standard InChI is InChI=1S/C23H34N4O3/c1-18-9-8-10-20(19(18)2)25-21(28)15-27(13-14-30-4)16-22(29)26(3)23(17-24)11-6-5-7-12-23/h8-10H,5-7,11-16H2,1-4H3,(H,25,28). The Morgan fingerprint density at radius 1 is 1.20 bits per heavy atom. The first-order valence-corrected chi connectivity index (χ1v) is 10.6. The van der Waals surface area contributed by atoms with Crippen LogP contribution in [0, 0.1) is 25.2 Å². The molecule has 0 saturated heterocycles. The topological polar surface area (TPSA) is 85.7 Å². The second-order valence-corrected chi connectivity index (χ2v) is 8.16. The fourth-order valence-corrected chi connectivity index (χ4v) is 3.91. The minimum atomic E-state index is -0.733. The maximum absolute atomic E-state index is 13.0. The number of anilines is 1. The molecule has 0 aromatic heterocycles. The average molecular weight is 415 g/mol. The van der Waals surface area contributed by atoms with Crippen molar-refractivity contribution in [2.24, 2.45) is 0 Å². The minimum Gasteiger partial charge on any atom is -0.383 e. The van der Waals surface area contributed by atoms with Crippen molar-refractivity contribution in [2.45, 2.75) is 51.5 Å². The van der Waals surface area contributed by atoms with Gasteiger partial charge in [0.2, 0.25) is 11.8 Å². The Morgan fingerprint density at radius 2 is 1.90 bits per heavy atom. The first-order chi connectivity index (χ1) is 14.3. The molecule has 0 heterocycles. The van der Waals surface area contributed by atoms with Crippen LogP contribution in [0.25, 0.3) is 0 Å². The fraction of sp³-hybridized carbons (Fsp3) is 0.609. The van der Waals surface area contributed by atoms with E-state index >= 15 is 0 Å². The minimum absolute atomic E-state index is 0.0729. The summed E-state index contributed by atoms with van der Waals surface area (Å²) in [7, 11) is 3.30. The predicted octanol–water partition coefficient (Wildman–Crippen LogP) is 2.88. The van der Waals surface area contributed by atoms with E-state index in [2.05, 4.69) is 11.4 Å². The van der Waals surface area contributed by atoms with Crippen molar-refractivity contribution in [1.82, 2.24) is 9.80 Å². The third-order valence-corrected chi connectivity index (χ3v) is 6.12. The van der Waals surface area contributed by atoms with Crippen LogP contribution in [0.15, 0.2) is 18.2 Å². The van der Waals surface area contributed by atoms with E-state index < -0.39 is 5.54 Å². The van der Waals surface area contributed by atoms with Crippen molar-refractivity contribution in [3.8, 4) is 6.07 Å². The number of hydrogen-bond acceptors (Lipinski definition) is 5. The van der Waals surface area contributed by atoms with Gasteiger partial charge in [-0.3, -0.25) is 14.5 Å². The quantitative estimate of drug-likeness (QED) is 0.672. The number of carbonyl (C=O) groups excluding carboxylic acids is 2. The Kier molecular flexibility index (Phi) is 8.82. The molecule has 30 heavy (non-hydrogen) atoms. The zero-order valence-corrected chi connectivity index (χ0v) is 18.7. The molecule has 1 aliphatic rings. The third-order valence-electron chi connectivity index (χ3n) is 6.12. The normalized spacial score (nSPS) is 15.5. The van der Waals surface area contributed by atoms with Gasteiger partial charge in [-0.25, -0.2) is 0 Å². The number of nitrogens with zero attached hydrogens (tertiary/aromatic N) is 3. The molecule has 0 spiro atoms. The highest BCUT2D eigenvalue weighted by Crippen LogP contribution is 2.32. The summed E-state index contributed by atoms with van der Waals surface area (Å²) in [4.78, 5) is 29.0. The molecular weight excluding hydrogens is 380 g/mol. The summed E-state index contributed by atoms with van der Waals surface area (Å²) < 4.78 is 5.16. The predicted molar refractivity (Wildman–Crippen MR) is 117 cm³/mol. The van der Waals surface area contributed by atoms with Crippen LogP contribution in [0.1, 0.15) is 43.2 Å². The van der Waals surface area contributed by atoms with Gasteiger partial charge in [-0.1, -0.05) is 31.4 Å². The summed E-state index contributed by atoms with van der Waals surface area (Å²) >= 11 is 0. The van der Waals surface area contributed by atoms with Crippen LogP contribution in [0.5, 0.6) is 0 Å². The van der Waals surface area contributed by atoms with Crippen molar-refractivity contribution in [1.29, 1.82) is 5.26 Å². The number of carbonyl (C=O) groups is 2. The van der Waals surface area contributed by atoms with Crippen LogP contribution in [-0.2, 0) is 14.3 Å². The van der Waals surface area contributed by atoms with Crippen LogP contribution < -0.4 is 5.32 Å². The lowest BCUT2D eigenvalue weighted by atomic mass is 9.81. The number of hydrogen-bond donors (Lipinski definition) is 1. The highest BCUT2D eigenvalue weighted by atomic mass is 16.5. The van der Waals surface area contributed by atoms with E-state index in [0.29, 0.717) is 26.0 Å². The van der Waals surface area contributed by atoms with Gasteiger partial charge in [-0.05, 0) is 43.9 Å². The largest absolute Gasteiger partial charge is 0.383 e. The molecule has 1 aromatic carbocycles. The van der Waals surface area contributed by atoms with E-state index in [-0.39, 0.29) is 24.9 Å². The highest BCUT2D eigenvalue weighted by molar-refractivity contribution is 5.93. The van der Waals surface area contributed by atoms with Gasteiger partial charge in [0.25, 0.3) is 0 Å². The number of rotatable bonds is 9. The maximum Gasteiger partial charge on any atom is 0.238 e. The van der Waals surface area contributed by atoms with Crippen molar-refractivity contribution in [3.05, 3.63) is 29.3 Å². The molecule has 0 aliphatic heterocycles. The second kappa shape index (κ2) is 11.1. The summed E-state index contributed by atoms with van der Waals surface area (Å²) in [6, 6.07) is 8.16. The lowest BCUT2D eigenvalue weighted by molar-refractivity contribution is -0.136. The van der Waals surface area contributed by atoms with Crippen LogP contribution in [0.4, 0.5) is 5.69 Å². The average Bonchev–Trinajstić information content (AvgIpc) is 2.75. The monoisotopic (exact) mass is 414 g/mol. The number of benzene rings is 1. The van der Waals surface area contributed by atoms with Gasteiger partial charge in [-0.15, -0.1) is 0 Å². The maximum atomic E-state index is 13.0. The Hall–Kier alpha value is -2.43. The molecule has 2 amide bonds. The SMILES string of the molecule is COCCN(CC(=O)Nc1cccc(C)c1C)CC(=O)N(C)C1(C#N)CCCCC1. The number of methoxy groups -OCH3 is 1. The van der Waals surface area contributed by atoms with Gasteiger partial charge < -0.3 is 15.0 Å². The highest BCUT2D eigenvalue weighted by Gasteiger charge is 2.39. The molecule has 164 valence electrons. The number of ether oxygens (including phenoxy) is 1. The molecule has 0 unspecified atom stereocenters. The molecule has 0 bridgehead atoms. The molecule has 1 fully saturated rings. The molecule has 7 nitrogen and oxygen atoms in total. The van der Waals surface area contributed by atoms with Crippen LogP contribution in [-0.4, -0.2) is 67.6 Å². The van der Waals surface area contributed by atoms with Crippen molar-refractivity contribution in [2.75, 3.05) is 45.7 Å². The Bertz CT molecular complexity index is 781. The van der Waals surface area contributed by atoms with E-state index in [9.17, 15) is 14.9 Å². The summed E-state index contributed by atoms with van der Waals surface area (Å²) in [5.74, 6) is -0.322. The molecule has 0 radical (unpaired) electrons. The van der Waals surface area contributed by atoms with E-state index in [1.165, 1.54) is 0 Å². The molecule has 1 saturated carbocycles. The molecular formula is C23H34N4O3. The van der Waals surface area contributed by atoms with E-state index in [1.807, 2.05) is 32.0 Å². The van der Waals surface area contributed by atoms with E-state index in [1.54, 1.807) is 24.0 Å². The Morgan fingerprint density at radius 3 is 2.53 bits per heavy atom. The summed E-state index contributed by atoms with van der Waals surface area (Å²) in [5, 5.41) is 12.7. The number of nitrogens with one attached hydrogen (secondary N) is 1. The lowest BCUT2D eigenvalue weighted by Crippen LogP contribution is -2.53. The number of aryl methyl sites for hydroxylation is 1. The molecule has 7 heteroatoms. The molecule has 0 atom stereocenters. The lowest BCUT2D eigenvalue weighted by Gasteiger charge is -2.39. The van der Waals surface area contributed by atoms with Gasteiger partial charge >= 0.3 is 0 Å². The number of likely N-dealkylation sites (N-methyl/N-ethyl adjacent to an activating group) is 1. The molecule has 1 aliphatic carbocycles. The zero-order chi connectivity index (χ0) is 22.1. The van der Waals surface area contributed by atoms with E-state index in [4.69, 9.17) is 4.74 Å². The summed E-state index contributed by atoms with van der Waals surface area (Å²) in [6.07, 6.45) is 4.42. The van der Waals surface area contributed by atoms with Gasteiger partial charge in [0, 0.05) is 26.4 Å². The second-order valence-electron chi connectivity index (χ2n) is 8.16. The van der Waals surface area contributed by atoms with E-state index in [0.717, 1.165) is 36.1 Å². The number of nitriles is 1. The fourth-order valence-electron chi connectivity index (χ4n) is 3.91. The van der Waals surface area contributed by atoms with Gasteiger partial charge in [0.15, 0.2) is 0 Å². The molecule has 1 aromatic rings. The smallest absolute Gasteiger partial charge is 0.238 e. The summed E-state index contributed by atoms with van der Waals surface area (Å²) in [5.41, 5.74) is 2.18. The van der Waals surface area contributed by atoms with Crippen LogP contribution in [0.3, 0.4) is 0 Å². The Labute approximate surface area is 180 Å². The molecule has 1 N–H and O–H groups in total. The van der Waals surface area contributed by atoms with Gasteiger partial charge in [0.1, 0.15) is 5.54 Å². The van der Waals surface area contributed by atoms with Crippen molar-refractivity contribution in [3.63, 3.8) is 0 Å². The molecule has 2 rings (SSSR count). The van der Waals surface area contributed by atoms with Crippen molar-refractivity contribution < 1.29 is 14.3 Å². The summed E-state index contributed by atoms with van der Waals surface area (Å²) in [6.45, 7) is 4.99. The third kappa shape index (κ3) is 6.04. The zero-order valence-electron chi connectivity index (χ0n) is 18.7. The van der Waals surface area contributed by atoms with Gasteiger partial charge in [0.05, 0.1) is 25.8 Å². The van der Waals surface area contributed by atoms with Crippen molar-refractivity contribution >= 4 is 17.5 Å². The first kappa shape index (κ1) is 23.8. The Balaban J connectivity index is 2.03. The number of amides is 2. The first-order valence-electron chi connectivity index (χ1n) is 10.6.